The van der Waals surface area contributed by atoms with Gasteiger partial charge in [0.25, 0.3) is 5.24 Å². The van der Waals surface area contributed by atoms with Gasteiger partial charge in [-0.3, -0.25) is 4.79 Å². The first-order valence-electron chi connectivity index (χ1n) is 5.83. The summed E-state index contributed by atoms with van der Waals surface area (Å²) in [4.78, 5) is 12.3. The Kier molecular flexibility index (Phi) is 4.08. The molecule has 1 aliphatic rings. The molecule has 0 saturated carbocycles. The lowest BCUT2D eigenvalue weighted by Crippen LogP contribution is -2.15. The average molecular weight is 356 g/mol. The summed E-state index contributed by atoms with van der Waals surface area (Å²) in [5, 5.41) is 3.27. The molecule has 3 rings (SSSR count). The van der Waals surface area contributed by atoms with Crippen LogP contribution in [-0.4, -0.2) is 10.2 Å². The molecule has 1 aromatic carbocycles. The lowest BCUT2D eigenvalue weighted by atomic mass is 10.2. The zero-order valence-electron chi connectivity index (χ0n) is 10.4. The Hall–Kier alpha value is -1.27. The predicted octanol–water partition coefficient (Wildman–Crippen LogP) is 5.38. The Morgan fingerprint density at radius 3 is 2.76 bits per heavy atom. The zero-order valence-corrected chi connectivity index (χ0v) is 13.5. The first-order valence-corrected chi connectivity index (χ1v) is 7.82. The minimum atomic E-state index is -0.184. The smallest absolute Gasteiger partial charge is 0.289 e. The van der Waals surface area contributed by atoms with Crippen molar-refractivity contribution in [2.45, 2.75) is 0 Å². The fourth-order valence-electron chi connectivity index (χ4n) is 1.82. The van der Waals surface area contributed by atoms with Gasteiger partial charge in [-0.2, -0.15) is 0 Å². The van der Waals surface area contributed by atoms with Crippen LogP contribution in [0.15, 0.2) is 39.7 Å². The molecule has 2 heterocycles. The number of furan rings is 1. The van der Waals surface area contributed by atoms with Crippen LogP contribution in [0.4, 0.5) is 4.79 Å². The van der Waals surface area contributed by atoms with Crippen LogP contribution < -0.4 is 5.32 Å². The van der Waals surface area contributed by atoms with Crippen LogP contribution in [0.3, 0.4) is 0 Å². The van der Waals surface area contributed by atoms with Gasteiger partial charge in [0.2, 0.25) is 0 Å². The number of carbonyl (C=O) groups excluding carboxylic acids is 1. The van der Waals surface area contributed by atoms with Gasteiger partial charge in [0.05, 0.1) is 15.0 Å². The van der Waals surface area contributed by atoms with E-state index >= 15 is 0 Å². The van der Waals surface area contributed by atoms with Crippen molar-refractivity contribution in [2.75, 3.05) is 0 Å². The summed E-state index contributed by atoms with van der Waals surface area (Å²) in [5.74, 6) is 1.19. The highest BCUT2D eigenvalue weighted by molar-refractivity contribution is 8.19. The second kappa shape index (κ2) is 5.85. The minimum Gasteiger partial charge on any atom is -0.457 e. The van der Waals surface area contributed by atoms with Gasteiger partial charge in [-0.25, -0.2) is 0 Å². The summed E-state index contributed by atoms with van der Waals surface area (Å²) in [7, 11) is 0. The maximum Gasteiger partial charge on any atom is 0.289 e. The SMILES string of the molecule is O=C1NC(=S)/C(=C\c2ccc(-c3cccc(Cl)c3Cl)o2)S1. The molecule has 106 valence electrons. The Bertz CT molecular complexity index is 783. The number of hydrogen-bond acceptors (Lipinski definition) is 4. The Balaban J connectivity index is 1.94. The Morgan fingerprint density at radius 2 is 2.05 bits per heavy atom. The molecule has 0 radical (unpaired) electrons. The third-order valence-electron chi connectivity index (χ3n) is 2.76. The first-order chi connectivity index (χ1) is 10.0. The highest BCUT2D eigenvalue weighted by Gasteiger charge is 2.22. The number of thioether (sulfide) groups is 1. The molecule has 1 fully saturated rings. The molecule has 3 nitrogen and oxygen atoms in total. The van der Waals surface area contributed by atoms with E-state index in [1.807, 2.05) is 6.07 Å². The third kappa shape index (κ3) is 3.01. The van der Waals surface area contributed by atoms with Crippen LogP contribution in [0, 0.1) is 0 Å². The number of halogens is 2. The van der Waals surface area contributed by atoms with E-state index in [4.69, 9.17) is 39.8 Å². The number of rotatable bonds is 2. The van der Waals surface area contributed by atoms with E-state index in [0.29, 0.717) is 37.0 Å². The highest BCUT2D eigenvalue weighted by Crippen LogP contribution is 2.35. The molecule has 0 bridgehead atoms. The molecule has 1 aromatic heterocycles. The number of thiocarbonyl (C=S) groups is 1. The molecule has 1 aliphatic heterocycles. The van der Waals surface area contributed by atoms with Gasteiger partial charge in [0, 0.05) is 5.56 Å². The van der Waals surface area contributed by atoms with Crippen molar-refractivity contribution in [3.05, 3.63) is 51.0 Å². The molecule has 1 N–H and O–H groups in total. The fraction of sp³-hybridized carbons (Fsp3) is 0. The van der Waals surface area contributed by atoms with Crippen molar-refractivity contribution < 1.29 is 9.21 Å². The number of hydrogen-bond donors (Lipinski definition) is 1. The van der Waals surface area contributed by atoms with Crippen LogP contribution in [-0.2, 0) is 0 Å². The zero-order chi connectivity index (χ0) is 15.0. The summed E-state index contributed by atoms with van der Waals surface area (Å²) in [6, 6.07) is 8.91. The molecular formula is C14H7Cl2NO2S2. The largest absolute Gasteiger partial charge is 0.457 e. The van der Waals surface area contributed by atoms with Crippen molar-refractivity contribution in [3.8, 4) is 11.3 Å². The predicted molar refractivity (Wildman–Crippen MR) is 90.9 cm³/mol. The van der Waals surface area contributed by atoms with E-state index in [0.717, 1.165) is 11.8 Å². The van der Waals surface area contributed by atoms with Crippen LogP contribution >= 0.6 is 47.2 Å². The molecular weight excluding hydrogens is 349 g/mol. The number of carbonyl (C=O) groups is 1. The van der Waals surface area contributed by atoms with Crippen LogP contribution in [0.25, 0.3) is 17.4 Å². The van der Waals surface area contributed by atoms with Crippen LogP contribution in [0.2, 0.25) is 10.0 Å². The number of nitrogens with one attached hydrogen (secondary N) is 1. The molecule has 7 heteroatoms. The van der Waals surface area contributed by atoms with Crippen molar-refractivity contribution >= 4 is 63.5 Å². The first kappa shape index (κ1) is 14.7. The molecule has 1 saturated heterocycles. The fourth-order valence-corrected chi connectivity index (χ4v) is 3.23. The van der Waals surface area contributed by atoms with Gasteiger partial charge < -0.3 is 9.73 Å². The monoisotopic (exact) mass is 355 g/mol. The van der Waals surface area contributed by atoms with Gasteiger partial charge in [0.1, 0.15) is 16.5 Å². The van der Waals surface area contributed by atoms with E-state index in [9.17, 15) is 4.79 Å². The Labute approximate surface area is 140 Å². The normalized spacial score (nSPS) is 16.6. The van der Waals surface area contributed by atoms with E-state index in [2.05, 4.69) is 5.32 Å². The van der Waals surface area contributed by atoms with Crippen LogP contribution in [0.1, 0.15) is 5.76 Å². The second-order valence-electron chi connectivity index (χ2n) is 4.16. The second-order valence-corrected chi connectivity index (χ2v) is 6.36. The van der Waals surface area contributed by atoms with Gasteiger partial charge in [-0.1, -0.05) is 41.5 Å². The summed E-state index contributed by atoms with van der Waals surface area (Å²) in [6.45, 7) is 0. The van der Waals surface area contributed by atoms with Crippen molar-refractivity contribution in [2.24, 2.45) is 0 Å². The number of benzene rings is 1. The summed E-state index contributed by atoms with van der Waals surface area (Å²) in [6.07, 6.45) is 1.72. The molecule has 0 unspecified atom stereocenters. The molecule has 0 spiro atoms. The van der Waals surface area contributed by atoms with Crippen molar-refractivity contribution in [1.82, 2.24) is 5.32 Å². The molecule has 0 atom stereocenters. The summed E-state index contributed by atoms with van der Waals surface area (Å²) in [5.41, 5.74) is 0.713. The maximum absolute atomic E-state index is 11.2. The lowest BCUT2D eigenvalue weighted by molar-refractivity contribution is 0.265. The Morgan fingerprint density at radius 1 is 1.24 bits per heavy atom. The van der Waals surface area contributed by atoms with Gasteiger partial charge in [-0.15, -0.1) is 0 Å². The summed E-state index contributed by atoms with van der Waals surface area (Å²) >= 11 is 18.2. The minimum absolute atomic E-state index is 0.184. The maximum atomic E-state index is 11.2. The van der Waals surface area contributed by atoms with Crippen molar-refractivity contribution in [3.63, 3.8) is 0 Å². The molecule has 2 aromatic rings. The van der Waals surface area contributed by atoms with Crippen molar-refractivity contribution in [1.29, 1.82) is 0 Å². The van der Waals surface area contributed by atoms with Gasteiger partial charge in [0.15, 0.2) is 0 Å². The molecule has 21 heavy (non-hydrogen) atoms. The summed E-state index contributed by atoms with van der Waals surface area (Å²) < 4.78 is 5.72. The van der Waals surface area contributed by atoms with E-state index in [-0.39, 0.29) is 5.24 Å². The molecule has 0 aliphatic carbocycles. The quantitative estimate of drug-likeness (QED) is 0.580. The van der Waals surface area contributed by atoms with Gasteiger partial charge in [-0.05, 0) is 42.1 Å². The van der Waals surface area contributed by atoms with Gasteiger partial charge >= 0.3 is 0 Å². The molecule has 1 amide bonds. The topological polar surface area (TPSA) is 42.2 Å². The third-order valence-corrected chi connectivity index (χ3v) is 4.86. The van der Waals surface area contributed by atoms with Crippen LogP contribution in [0.5, 0.6) is 0 Å². The lowest BCUT2D eigenvalue weighted by Gasteiger charge is -2.02. The van der Waals surface area contributed by atoms with E-state index in [1.165, 1.54) is 0 Å². The standard InChI is InChI=1S/C14H7Cl2NO2S2/c15-9-3-1-2-8(12(9)16)10-5-4-7(19-10)6-11-13(20)17-14(18)21-11/h1-6H,(H,17,18,20)/b11-6+. The highest BCUT2D eigenvalue weighted by atomic mass is 35.5. The average Bonchev–Trinajstić information content (AvgIpc) is 3.01. The van der Waals surface area contributed by atoms with E-state index < -0.39 is 0 Å². The number of amides is 1. The van der Waals surface area contributed by atoms with E-state index in [1.54, 1.807) is 30.3 Å².